The average molecular weight is 394 g/mol. The molecule has 0 aromatic carbocycles. The van der Waals surface area contributed by atoms with Crippen molar-refractivity contribution in [1.29, 1.82) is 0 Å². The molecular formula is C17H21Cl2N7. The van der Waals surface area contributed by atoms with Crippen molar-refractivity contribution in [2.75, 3.05) is 25.5 Å². The van der Waals surface area contributed by atoms with Crippen LogP contribution >= 0.6 is 23.2 Å². The molecule has 3 aromatic rings. The number of hydrogen-bond acceptors (Lipinski definition) is 5. The van der Waals surface area contributed by atoms with Crippen LogP contribution in [-0.2, 0) is 6.54 Å². The van der Waals surface area contributed by atoms with E-state index in [-0.39, 0.29) is 0 Å². The molecular weight excluding hydrogens is 373 g/mol. The number of nitrogens with one attached hydrogen (secondary N) is 1. The van der Waals surface area contributed by atoms with Gasteiger partial charge in [-0.2, -0.15) is 10.1 Å². The van der Waals surface area contributed by atoms with Gasteiger partial charge in [-0.25, -0.2) is 4.98 Å². The molecule has 0 radical (unpaired) electrons. The lowest BCUT2D eigenvalue weighted by molar-refractivity contribution is 0.212. The molecule has 0 spiro atoms. The molecule has 1 saturated heterocycles. The summed E-state index contributed by atoms with van der Waals surface area (Å²) in [7, 11) is 2.14. The van der Waals surface area contributed by atoms with Gasteiger partial charge in [0.1, 0.15) is 5.65 Å². The Morgan fingerprint density at radius 1 is 1.23 bits per heavy atom. The van der Waals surface area contributed by atoms with Crippen molar-refractivity contribution in [2.24, 2.45) is 0 Å². The number of fused-ring (bicyclic) bond motifs is 1. The van der Waals surface area contributed by atoms with Gasteiger partial charge >= 0.3 is 0 Å². The molecule has 4 heterocycles. The first-order chi connectivity index (χ1) is 12.5. The lowest BCUT2D eigenvalue weighted by atomic mass is 10.1. The molecule has 7 nitrogen and oxygen atoms in total. The maximum absolute atomic E-state index is 6.34. The molecule has 0 saturated carbocycles. The maximum Gasteiger partial charge on any atom is 0.229 e. The zero-order chi connectivity index (χ0) is 18.3. The van der Waals surface area contributed by atoms with Crippen LogP contribution in [0.25, 0.3) is 11.0 Å². The third-order valence-corrected chi connectivity index (χ3v) is 5.48. The molecule has 9 heteroatoms. The Balaban J connectivity index is 1.58. The summed E-state index contributed by atoms with van der Waals surface area (Å²) in [6, 6.07) is 0.374. The first-order valence-corrected chi connectivity index (χ1v) is 9.52. The van der Waals surface area contributed by atoms with Crippen molar-refractivity contribution in [2.45, 2.75) is 32.4 Å². The highest BCUT2D eigenvalue weighted by Crippen LogP contribution is 2.29. The smallest absolute Gasteiger partial charge is 0.229 e. The van der Waals surface area contributed by atoms with Crippen LogP contribution in [0, 0.1) is 0 Å². The van der Waals surface area contributed by atoms with Gasteiger partial charge in [0.25, 0.3) is 0 Å². The molecule has 138 valence electrons. The summed E-state index contributed by atoms with van der Waals surface area (Å²) < 4.78 is 3.95. The summed E-state index contributed by atoms with van der Waals surface area (Å²) in [5.74, 6) is 0.479. The summed E-state index contributed by atoms with van der Waals surface area (Å²) in [5, 5.41) is 9.59. The van der Waals surface area contributed by atoms with Crippen molar-refractivity contribution in [3.63, 3.8) is 0 Å². The normalized spacial score (nSPS) is 16.5. The van der Waals surface area contributed by atoms with Crippen LogP contribution in [0.2, 0.25) is 10.2 Å². The van der Waals surface area contributed by atoms with Gasteiger partial charge in [-0.1, -0.05) is 23.2 Å². The number of likely N-dealkylation sites (tertiary alicyclic amines) is 1. The van der Waals surface area contributed by atoms with Crippen LogP contribution in [0.15, 0.2) is 18.6 Å². The van der Waals surface area contributed by atoms with Gasteiger partial charge in [0.15, 0.2) is 5.15 Å². The molecule has 0 atom stereocenters. The molecule has 4 rings (SSSR count). The zero-order valence-electron chi connectivity index (χ0n) is 14.8. The van der Waals surface area contributed by atoms with Crippen LogP contribution in [0.1, 0.15) is 25.8 Å². The van der Waals surface area contributed by atoms with E-state index < -0.39 is 0 Å². The van der Waals surface area contributed by atoms with Gasteiger partial charge in [-0.15, -0.1) is 0 Å². The lowest BCUT2D eigenvalue weighted by Gasteiger charge is -2.28. The van der Waals surface area contributed by atoms with E-state index in [4.69, 9.17) is 23.2 Å². The van der Waals surface area contributed by atoms with E-state index in [9.17, 15) is 0 Å². The predicted octanol–water partition coefficient (Wildman–Crippen LogP) is 3.96. The summed E-state index contributed by atoms with van der Waals surface area (Å²) in [6.45, 7) is 4.97. The van der Waals surface area contributed by atoms with Crippen molar-refractivity contribution in [1.82, 2.24) is 29.2 Å². The van der Waals surface area contributed by atoms with Crippen molar-refractivity contribution < 1.29 is 0 Å². The fourth-order valence-electron chi connectivity index (χ4n) is 3.35. The van der Waals surface area contributed by atoms with Gasteiger partial charge in [0.2, 0.25) is 5.95 Å². The predicted molar refractivity (Wildman–Crippen MR) is 104 cm³/mol. The highest BCUT2D eigenvalue weighted by Gasteiger charge is 2.21. The second kappa shape index (κ2) is 7.06. The van der Waals surface area contributed by atoms with Gasteiger partial charge in [-0.05, 0) is 39.9 Å². The van der Waals surface area contributed by atoms with E-state index in [2.05, 4.69) is 32.3 Å². The molecule has 3 aromatic heterocycles. The summed E-state index contributed by atoms with van der Waals surface area (Å²) in [6.07, 6.45) is 7.68. The number of nitrogens with zero attached hydrogens (tertiary/aromatic N) is 6. The molecule has 1 aliphatic rings. The molecule has 26 heavy (non-hydrogen) atoms. The molecule has 1 fully saturated rings. The minimum absolute atomic E-state index is 0.374. The average Bonchev–Trinajstić information content (AvgIpc) is 3.16. The van der Waals surface area contributed by atoms with E-state index in [0.29, 0.717) is 27.9 Å². The van der Waals surface area contributed by atoms with Crippen molar-refractivity contribution >= 4 is 45.9 Å². The monoisotopic (exact) mass is 393 g/mol. The van der Waals surface area contributed by atoms with Crippen molar-refractivity contribution in [3.05, 3.63) is 28.8 Å². The Bertz CT molecular complexity index is 925. The molecule has 0 unspecified atom stereocenters. The van der Waals surface area contributed by atoms with Gasteiger partial charge in [-0.3, -0.25) is 4.68 Å². The number of anilines is 2. The fraction of sp³-hybridized carbons (Fsp3) is 0.471. The molecule has 1 N–H and O–H groups in total. The molecule has 1 aliphatic heterocycles. The van der Waals surface area contributed by atoms with Crippen LogP contribution in [0.4, 0.5) is 11.6 Å². The minimum atomic E-state index is 0.374. The third kappa shape index (κ3) is 3.26. The van der Waals surface area contributed by atoms with E-state index in [0.717, 1.165) is 43.5 Å². The fourth-order valence-corrected chi connectivity index (χ4v) is 3.78. The minimum Gasteiger partial charge on any atom is -0.331 e. The van der Waals surface area contributed by atoms with Crippen molar-refractivity contribution in [3.8, 4) is 0 Å². The Morgan fingerprint density at radius 3 is 2.73 bits per heavy atom. The van der Waals surface area contributed by atoms with Gasteiger partial charge in [0.05, 0.1) is 28.3 Å². The van der Waals surface area contributed by atoms with E-state index in [1.54, 1.807) is 6.20 Å². The standard InChI is InChI=1S/C17H21Cl2N7/c1-3-25-9-13(18)12-8-20-17(22-16(12)25)21-14-10-26(23-15(14)19)11-4-6-24(2)7-5-11/h8-11H,3-7H2,1-2H3,(H,20,21,22). The van der Waals surface area contributed by atoms with Crippen LogP contribution in [0.3, 0.4) is 0 Å². The SMILES string of the molecule is CCn1cc(Cl)c2cnc(Nc3cn(C4CCN(C)CC4)nc3Cl)nc21. The zero-order valence-corrected chi connectivity index (χ0v) is 16.3. The number of halogens is 2. The van der Waals surface area contributed by atoms with Gasteiger partial charge in [0, 0.05) is 18.9 Å². The highest BCUT2D eigenvalue weighted by atomic mass is 35.5. The number of rotatable bonds is 4. The molecule has 0 bridgehead atoms. The second-order valence-corrected chi connectivity index (χ2v) is 7.43. The second-order valence-electron chi connectivity index (χ2n) is 6.67. The van der Waals surface area contributed by atoms with Crippen LogP contribution < -0.4 is 5.32 Å². The van der Waals surface area contributed by atoms with Gasteiger partial charge < -0.3 is 14.8 Å². The number of piperidine rings is 1. The Morgan fingerprint density at radius 2 is 2.00 bits per heavy atom. The molecule has 0 amide bonds. The highest BCUT2D eigenvalue weighted by molar-refractivity contribution is 6.35. The first-order valence-electron chi connectivity index (χ1n) is 8.76. The van der Waals surface area contributed by atoms with E-state index in [1.165, 1.54) is 0 Å². The Labute approximate surface area is 161 Å². The van der Waals surface area contributed by atoms with E-state index in [1.807, 2.05) is 28.6 Å². The van der Waals surface area contributed by atoms with Crippen LogP contribution in [0.5, 0.6) is 0 Å². The lowest BCUT2D eigenvalue weighted by Crippen LogP contribution is -2.31. The summed E-state index contributed by atoms with van der Waals surface area (Å²) in [5.41, 5.74) is 1.51. The van der Waals surface area contributed by atoms with E-state index >= 15 is 0 Å². The summed E-state index contributed by atoms with van der Waals surface area (Å²) in [4.78, 5) is 11.3. The largest absolute Gasteiger partial charge is 0.331 e. The number of hydrogen-bond donors (Lipinski definition) is 1. The summed E-state index contributed by atoms with van der Waals surface area (Å²) >= 11 is 12.6. The third-order valence-electron chi connectivity index (χ3n) is 4.90. The number of aromatic nitrogens is 5. The van der Waals surface area contributed by atoms with Crippen LogP contribution in [-0.4, -0.2) is 49.4 Å². The Kier molecular flexibility index (Phi) is 4.77. The molecule has 0 aliphatic carbocycles. The number of aryl methyl sites for hydroxylation is 1. The maximum atomic E-state index is 6.34. The quantitative estimate of drug-likeness (QED) is 0.726. The Hall–Kier alpha value is -1.83. The first kappa shape index (κ1) is 17.6. The topological polar surface area (TPSA) is 63.8 Å².